The van der Waals surface area contributed by atoms with E-state index < -0.39 is 30.1 Å². The standard InChI is InChI=1S/C18H13ClF3N3O2/c1-11(26)25(16-5-3-2-4-12(16)9-23)10-17(27)24-15-8-13(18(20,21)22)6-7-14(15)19/h2-8H,10H2,1H3,(H,24,27). The lowest BCUT2D eigenvalue weighted by Gasteiger charge is -2.22. The van der Waals surface area contributed by atoms with Crippen LogP contribution in [0.2, 0.25) is 5.02 Å². The van der Waals surface area contributed by atoms with E-state index in [4.69, 9.17) is 16.9 Å². The summed E-state index contributed by atoms with van der Waals surface area (Å²) in [5, 5.41) is 11.3. The van der Waals surface area contributed by atoms with E-state index in [1.165, 1.54) is 19.1 Å². The number of para-hydroxylation sites is 1. The van der Waals surface area contributed by atoms with Gasteiger partial charge in [-0.1, -0.05) is 23.7 Å². The molecule has 0 aromatic heterocycles. The second kappa shape index (κ2) is 8.10. The molecule has 0 aliphatic heterocycles. The van der Waals surface area contributed by atoms with Gasteiger partial charge < -0.3 is 10.2 Å². The highest BCUT2D eigenvalue weighted by Gasteiger charge is 2.31. The van der Waals surface area contributed by atoms with Crippen molar-refractivity contribution in [3.63, 3.8) is 0 Å². The fourth-order valence-corrected chi connectivity index (χ4v) is 2.47. The third kappa shape index (κ3) is 4.99. The van der Waals surface area contributed by atoms with Gasteiger partial charge in [0.1, 0.15) is 12.6 Å². The number of carbonyl (C=O) groups excluding carboxylic acids is 2. The van der Waals surface area contributed by atoms with Crippen LogP contribution < -0.4 is 10.2 Å². The summed E-state index contributed by atoms with van der Waals surface area (Å²) in [5.74, 6) is -1.28. The van der Waals surface area contributed by atoms with E-state index in [1.54, 1.807) is 12.1 Å². The van der Waals surface area contributed by atoms with Crippen molar-refractivity contribution in [3.8, 4) is 6.07 Å². The number of benzene rings is 2. The Hall–Kier alpha value is -3.05. The summed E-state index contributed by atoms with van der Waals surface area (Å²) in [6.07, 6.45) is -4.60. The minimum absolute atomic E-state index is 0.0804. The van der Waals surface area contributed by atoms with E-state index in [2.05, 4.69) is 5.32 Å². The Morgan fingerprint density at radius 3 is 2.48 bits per heavy atom. The number of hydrogen-bond donors (Lipinski definition) is 1. The first kappa shape index (κ1) is 20.3. The fraction of sp³-hybridized carbons (Fsp3) is 0.167. The summed E-state index contributed by atoms with van der Waals surface area (Å²) in [7, 11) is 0. The molecule has 0 spiro atoms. The Bertz CT molecular complexity index is 923. The summed E-state index contributed by atoms with van der Waals surface area (Å²) < 4.78 is 38.5. The van der Waals surface area contributed by atoms with Gasteiger partial charge in [-0.3, -0.25) is 9.59 Å². The maximum absolute atomic E-state index is 12.8. The molecule has 2 aromatic rings. The average molecular weight is 396 g/mol. The monoisotopic (exact) mass is 395 g/mol. The number of nitrogens with one attached hydrogen (secondary N) is 1. The Kier molecular flexibility index (Phi) is 6.08. The molecule has 9 heteroatoms. The Balaban J connectivity index is 2.25. The Morgan fingerprint density at radius 1 is 1.22 bits per heavy atom. The first-order valence-corrected chi connectivity index (χ1v) is 7.95. The molecular weight excluding hydrogens is 383 g/mol. The van der Waals surface area contributed by atoms with Crippen LogP contribution in [0.3, 0.4) is 0 Å². The quantitative estimate of drug-likeness (QED) is 0.842. The van der Waals surface area contributed by atoms with Gasteiger partial charge in [-0.15, -0.1) is 0 Å². The van der Waals surface area contributed by atoms with Crippen LogP contribution in [0, 0.1) is 11.3 Å². The van der Waals surface area contributed by atoms with Gasteiger partial charge in [0.2, 0.25) is 11.8 Å². The van der Waals surface area contributed by atoms with E-state index in [9.17, 15) is 22.8 Å². The molecule has 140 valence electrons. The van der Waals surface area contributed by atoms with Crippen LogP contribution in [-0.2, 0) is 15.8 Å². The van der Waals surface area contributed by atoms with Crippen LogP contribution in [0.4, 0.5) is 24.5 Å². The Labute approximate surface area is 158 Å². The lowest BCUT2D eigenvalue weighted by Crippen LogP contribution is -2.37. The number of hydrogen-bond acceptors (Lipinski definition) is 3. The van der Waals surface area contributed by atoms with Crippen molar-refractivity contribution >= 4 is 34.8 Å². The molecule has 0 aliphatic carbocycles. The fourth-order valence-electron chi connectivity index (χ4n) is 2.30. The molecule has 0 unspecified atom stereocenters. The zero-order valence-electron chi connectivity index (χ0n) is 14.0. The molecule has 0 heterocycles. The number of alkyl halides is 3. The van der Waals surface area contributed by atoms with Crippen LogP contribution in [0.1, 0.15) is 18.1 Å². The molecule has 2 rings (SSSR count). The molecule has 0 bridgehead atoms. The zero-order chi connectivity index (χ0) is 20.2. The van der Waals surface area contributed by atoms with Crippen molar-refractivity contribution in [2.45, 2.75) is 13.1 Å². The number of carbonyl (C=O) groups is 2. The summed E-state index contributed by atoms with van der Waals surface area (Å²) >= 11 is 5.85. The van der Waals surface area contributed by atoms with E-state index in [0.717, 1.165) is 17.0 Å². The molecular formula is C18H13ClF3N3O2. The van der Waals surface area contributed by atoms with E-state index in [-0.39, 0.29) is 22.0 Å². The molecule has 0 saturated carbocycles. The molecule has 0 atom stereocenters. The number of halogens is 4. The highest BCUT2D eigenvalue weighted by Crippen LogP contribution is 2.33. The number of anilines is 2. The van der Waals surface area contributed by atoms with Crippen molar-refractivity contribution in [1.29, 1.82) is 5.26 Å². The predicted molar refractivity (Wildman–Crippen MR) is 94.3 cm³/mol. The second-order valence-corrected chi connectivity index (χ2v) is 5.88. The van der Waals surface area contributed by atoms with Gasteiger partial charge in [0, 0.05) is 6.92 Å². The summed E-state index contributed by atoms with van der Waals surface area (Å²) in [6.45, 7) is 0.708. The number of amides is 2. The lowest BCUT2D eigenvalue weighted by molar-refractivity contribution is -0.137. The van der Waals surface area contributed by atoms with Crippen molar-refractivity contribution in [1.82, 2.24) is 0 Å². The predicted octanol–water partition coefficient (Wildman–Crippen LogP) is 4.22. The molecule has 5 nitrogen and oxygen atoms in total. The SMILES string of the molecule is CC(=O)N(CC(=O)Nc1cc(C(F)(F)F)ccc1Cl)c1ccccc1C#N. The van der Waals surface area contributed by atoms with Gasteiger partial charge in [-0.25, -0.2) is 0 Å². The van der Waals surface area contributed by atoms with Crippen molar-refractivity contribution in [2.75, 3.05) is 16.8 Å². The van der Waals surface area contributed by atoms with Gasteiger partial charge in [0.05, 0.1) is 27.5 Å². The number of nitrogens with zero attached hydrogens (tertiary/aromatic N) is 2. The summed E-state index contributed by atoms with van der Waals surface area (Å²) in [4.78, 5) is 25.3. The van der Waals surface area contributed by atoms with Gasteiger partial charge in [0.15, 0.2) is 0 Å². The van der Waals surface area contributed by atoms with Crippen molar-refractivity contribution in [3.05, 3.63) is 58.6 Å². The lowest BCUT2D eigenvalue weighted by atomic mass is 10.1. The van der Waals surface area contributed by atoms with Crippen LogP contribution in [0.15, 0.2) is 42.5 Å². The minimum atomic E-state index is -4.60. The number of rotatable bonds is 4. The number of nitriles is 1. The molecule has 2 amide bonds. The van der Waals surface area contributed by atoms with E-state index >= 15 is 0 Å². The van der Waals surface area contributed by atoms with Crippen LogP contribution in [0.5, 0.6) is 0 Å². The topological polar surface area (TPSA) is 73.2 Å². The molecule has 0 aliphatic rings. The van der Waals surface area contributed by atoms with Crippen molar-refractivity contribution in [2.24, 2.45) is 0 Å². The minimum Gasteiger partial charge on any atom is -0.323 e. The van der Waals surface area contributed by atoms with Crippen LogP contribution in [0.25, 0.3) is 0 Å². The van der Waals surface area contributed by atoms with E-state index in [1.807, 2.05) is 6.07 Å². The summed E-state index contributed by atoms with van der Waals surface area (Å²) in [5.41, 5.74) is -0.801. The highest BCUT2D eigenvalue weighted by atomic mass is 35.5. The zero-order valence-corrected chi connectivity index (χ0v) is 14.7. The summed E-state index contributed by atoms with van der Waals surface area (Å²) in [6, 6.07) is 10.6. The Morgan fingerprint density at radius 2 is 1.89 bits per heavy atom. The average Bonchev–Trinajstić information content (AvgIpc) is 2.60. The van der Waals surface area contributed by atoms with Gasteiger partial charge in [-0.05, 0) is 30.3 Å². The maximum atomic E-state index is 12.8. The smallest absolute Gasteiger partial charge is 0.323 e. The normalized spacial score (nSPS) is 10.8. The van der Waals surface area contributed by atoms with E-state index in [0.29, 0.717) is 6.07 Å². The second-order valence-electron chi connectivity index (χ2n) is 5.47. The molecule has 0 radical (unpaired) electrons. The largest absolute Gasteiger partial charge is 0.416 e. The van der Waals surface area contributed by atoms with Gasteiger partial charge in [-0.2, -0.15) is 18.4 Å². The van der Waals surface area contributed by atoms with Crippen LogP contribution in [-0.4, -0.2) is 18.4 Å². The molecule has 2 aromatic carbocycles. The maximum Gasteiger partial charge on any atom is 0.416 e. The molecule has 0 saturated heterocycles. The third-order valence-corrected chi connectivity index (χ3v) is 3.89. The van der Waals surface area contributed by atoms with Crippen molar-refractivity contribution < 1.29 is 22.8 Å². The third-order valence-electron chi connectivity index (χ3n) is 3.56. The molecule has 27 heavy (non-hydrogen) atoms. The highest BCUT2D eigenvalue weighted by molar-refractivity contribution is 6.33. The van der Waals surface area contributed by atoms with Gasteiger partial charge in [0.25, 0.3) is 0 Å². The van der Waals surface area contributed by atoms with Crippen LogP contribution >= 0.6 is 11.6 Å². The first-order valence-electron chi connectivity index (χ1n) is 7.57. The molecule has 0 fully saturated rings. The first-order chi connectivity index (χ1) is 12.6. The van der Waals surface area contributed by atoms with Gasteiger partial charge >= 0.3 is 6.18 Å². The molecule has 1 N–H and O–H groups in total.